The van der Waals surface area contributed by atoms with Gasteiger partial charge < -0.3 is 15.2 Å². The van der Waals surface area contributed by atoms with Gasteiger partial charge >= 0.3 is 5.97 Å². The number of carbonyl (C=O) groups is 2. The van der Waals surface area contributed by atoms with E-state index in [-0.39, 0.29) is 12.5 Å². The summed E-state index contributed by atoms with van der Waals surface area (Å²) in [6.07, 6.45) is 0.407. The molecule has 0 bridgehead atoms. The van der Waals surface area contributed by atoms with Gasteiger partial charge in [-0.1, -0.05) is 19.1 Å². The van der Waals surface area contributed by atoms with Crippen molar-refractivity contribution in [3.63, 3.8) is 0 Å². The number of carboxylic acid groups (broad SMARTS) is 1. The van der Waals surface area contributed by atoms with Crippen LogP contribution in [0.15, 0.2) is 18.2 Å². The largest absolute Gasteiger partial charge is 0.483 e. The molecule has 5 heteroatoms. The summed E-state index contributed by atoms with van der Waals surface area (Å²) in [6.45, 7) is 5.81. The van der Waals surface area contributed by atoms with Gasteiger partial charge in [-0.15, -0.1) is 0 Å². The van der Waals surface area contributed by atoms with Crippen molar-refractivity contribution >= 4 is 11.9 Å². The Morgan fingerprint density at radius 1 is 1.35 bits per heavy atom. The predicted molar refractivity (Wildman–Crippen MR) is 75.8 cm³/mol. The van der Waals surface area contributed by atoms with E-state index in [0.29, 0.717) is 18.7 Å². The first-order chi connectivity index (χ1) is 9.41. The van der Waals surface area contributed by atoms with Gasteiger partial charge in [0.05, 0.1) is 5.92 Å². The number of hydrogen-bond donors (Lipinski definition) is 2. The Bertz CT molecular complexity index is 485. The minimum Gasteiger partial charge on any atom is -0.483 e. The first kappa shape index (κ1) is 16.0. The summed E-state index contributed by atoms with van der Waals surface area (Å²) >= 11 is 0. The highest BCUT2D eigenvalue weighted by Crippen LogP contribution is 2.20. The van der Waals surface area contributed by atoms with Gasteiger partial charge in [-0.3, -0.25) is 9.59 Å². The van der Waals surface area contributed by atoms with E-state index >= 15 is 0 Å². The third-order valence-corrected chi connectivity index (χ3v) is 3.23. The molecule has 0 aliphatic rings. The van der Waals surface area contributed by atoms with Crippen molar-refractivity contribution in [2.45, 2.75) is 27.2 Å². The lowest BCUT2D eigenvalue weighted by atomic mass is 10.1. The normalized spacial score (nSPS) is 11.8. The SMILES string of the molecule is Cc1cccc(OCC(=O)NCCC(C)C(=O)O)c1C. The van der Waals surface area contributed by atoms with E-state index < -0.39 is 11.9 Å². The summed E-state index contributed by atoms with van der Waals surface area (Å²) in [4.78, 5) is 22.2. The number of ether oxygens (including phenoxy) is 1. The van der Waals surface area contributed by atoms with Crippen LogP contribution in [-0.2, 0) is 9.59 Å². The van der Waals surface area contributed by atoms with E-state index in [1.54, 1.807) is 6.92 Å². The lowest BCUT2D eigenvalue weighted by Crippen LogP contribution is -2.31. The molecule has 0 spiro atoms. The molecule has 1 aromatic rings. The third kappa shape index (κ3) is 4.91. The monoisotopic (exact) mass is 279 g/mol. The molecule has 1 atom stereocenters. The fourth-order valence-corrected chi connectivity index (χ4v) is 1.63. The molecule has 1 rings (SSSR count). The second-order valence-electron chi connectivity index (χ2n) is 4.86. The van der Waals surface area contributed by atoms with Crippen LogP contribution in [0.3, 0.4) is 0 Å². The molecule has 20 heavy (non-hydrogen) atoms. The summed E-state index contributed by atoms with van der Waals surface area (Å²) in [6, 6.07) is 5.68. The zero-order valence-corrected chi connectivity index (χ0v) is 12.1. The second kappa shape index (κ2) is 7.53. The van der Waals surface area contributed by atoms with Gasteiger partial charge in [-0.25, -0.2) is 0 Å². The van der Waals surface area contributed by atoms with Gasteiger partial charge in [-0.05, 0) is 37.5 Å². The summed E-state index contributed by atoms with van der Waals surface area (Å²) in [5.74, 6) is -0.872. The number of aryl methyl sites for hydroxylation is 1. The molecule has 1 amide bonds. The fourth-order valence-electron chi connectivity index (χ4n) is 1.63. The van der Waals surface area contributed by atoms with E-state index in [0.717, 1.165) is 11.1 Å². The Morgan fingerprint density at radius 2 is 2.05 bits per heavy atom. The summed E-state index contributed by atoms with van der Waals surface area (Å²) in [5, 5.41) is 11.4. The van der Waals surface area contributed by atoms with Crippen molar-refractivity contribution < 1.29 is 19.4 Å². The van der Waals surface area contributed by atoms with Crippen LogP contribution in [-0.4, -0.2) is 30.1 Å². The highest BCUT2D eigenvalue weighted by atomic mass is 16.5. The second-order valence-corrected chi connectivity index (χ2v) is 4.86. The molecular formula is C15H21NO4. The molecule has 0 aliphatic carbocycles. The average Bonchev–Trinajstić information content (AvgIpc) is 2.40. The molecule has 0 heterocycles. The van der Waals surface area contributed by atoms with Crippen molar-refractivity contribution in [3.8, 4) is 5.75 Å². The topological polar surface area (TPSA) is 75.6 Å². The number of benzene rings is 1. The summed E-state index contributed by atoms with van der Waals surface area (Å²) < 4.78 is 5.46. The van der Waals surface area contributed by atoms with E-state index in [1.165, 1.54) is 0 Å². The fraction of sp³-hybridized carbons (Fsp3) is 0.467. The number of amides is 1. The maximum atomic E-state index is 11.6. The number of carboxylic acids is 1. The minimum atomic E-state index is -0.856. The lowest BCUT2D eigenvalue weighted by Gasteiger charge is -2.11. The van der Waals surface area contributed by atoms with Crippen LogP contribution in [0.2, 0.25) is 0 Å². The first-order valence-corrected chi connectivity index (χ1v) is 6.60. The van der Waals surface area contributed by atoms with Crippen molar-refractivity contribution in [3.05, 3.63) is 29.3 Å². The standard InChI is InChI=1S/C15H21NO4/c1-10-5-4-6-13(12(10)3)20-9-14(17)16-8-7-11(2)15(18)19/h4-6,11H,7-9H2,1-3H3,(H,16,17)(H,18,19). The molecular weight excluding hydrogens is 258 g/mol. The van der Waals surface area contributed by atoms with Crippen molar-refractivity contribution in [2.24, 2.45) is 5.92 Å². The van der Waals surface area contributed by atoms with E-state index in [4.69, 9.17) is 9.84 Å². The Hall–Kier alpha value is -2.04. The maximum Gasteiger partial charge on any atom is 0.306 e. The Labute approximate surface area is 118 Å². The predicted octanol–water partition coefficient (Wildman–Crippen LogP) is 1.91. The molecule has 1 unspecified atom stereocenters. The number of hydrogen-bond acceptors (Lipinski definition) is 3. The minimum absolute atomic E-state index is 0.0637. The molecule has 110 valence electrons. The quantitative estimate of drug-likeness (QED) is 0.799. The van der Waals surface area contributed by atoms with Gasteiger partial charge in [-0.2, -0.15) is 0 Å². The highest BCUT2D eigenvalue weighted by molar-refractivity contribution is 5.77. The van der Waals surface area contributed by atoms with Gasteiger partial charge in [0.1, 0.15) is 5.75 Å². The lowest BCUT2D eigenvalue weighted by molar-refractivity contribution is -0.141. The molecule has 5 nitrogen and oxygen atoms in total. The smallest absolute Gasteiger partial charge is 0.306 e. The van der Waals surface area contributed by atoms with Crippen LogP contribution in [0.25, 0.3) is 0 Å². The molecule has 2 N–H and O–H groups in total. The maximum absolute atomic E-state index is 11.6. The van der Waals surface area contributed by atoms with Gasteiger partial charge in [0.2, 0.25) is 0 Å². The van der Waals surface area contributed by atoms with Crippen LogP contribution >= 0.6 is 0 Å². The zero-order valence-electron chi connectivity index (χ0n) is 12.1. The van der Waals surface area contributed by atoms with E-state index in [9.17, 15) is 9.59 Å². The van der Waals surface area contributed by atoms with E-state index in [1.807, 2.05) is 32.0 Å². The van der Waals surface area contributed by atoms with Crippen molar-refractivity contribution in [1.82, 2.24) is 5.32 Å². The molecule has 0 radical (unpaired) electrons. The number of nitrogens with one attached hydrogen (secondary N) is 1. The molecule has 0 saturated carbocycles. The first-order valence-electron chi connectivity index (χ1n) is 6.60. The van der Waals surface area contributed by atoms with Gasteiger partial charge in [0.25, 0.3) is 5.91 Å². The van der Waals surface area contributed by atoms with Crippen molar-refractivity contribution in [1.29, 1.82) is 0 Å². The van der Waals surface area contributed by atoms with Crippen LogP contribution in [0.1, 0.15) is 24.5 Å². The molecule has 1 aromatic carbocycles. The number of aliphatic carboxylic acids is 1. The highest BCUT2D eigenvalue weighted by Gasteiger charge is 2.11. The molecule has 0 aliphatic heterocycles. The number of rotatable bonds is 7. The third-order valence-electron chi connectivity index (χ3n) is 3.23. The molecule has 0 fully saturated rings. The van der Waals surface area contributed by atoms with Gasteiger partial charge in [0.15, 0.2) is 6.61 Å². The Morgan fingerprint density at radius 3 is 2.70 bits per heavy atom. The van der Waals surface area contributed by atoms with Crippen LogP contribution in [0.5, 0.6) is 5.75 Å². The summed E-state index contributed by atoms with van der Waals surface area (Å²) in [7, 11) is 0. The Balaban J connectivity index is 2.33. The van der Waals surface area contributed by atoms with Crippen molar-refractivity contribution in [2.75, 3.05) is 13.2 Å². The Kier molecular flexibility index (Phi) is 6.03. The average molecular weight is 279 g/mol. The molecule has 0 aromatic heterocycles. The van der Waals surface area contributed by atoms with E-state index in [2.05, 4.69) is 5.32 Å². The van der Waals surface area contributed by atoms with Crippen LogP contribution in [0.4, 0.5) is 0 Å². The molecule has 0 saturated heterocycles. The van der Waals surface area contributed by atoms with Gasteiger partial charge in [0, 0.05) is 6.54 Å². The van der Waals surface area contributed by atoms with Crippen LogP contribution in [0, 0.1) is 19.8 Å². The summed E-state index contributed by atoms with van der Waals surface area (Å²) in [5.41, 5.74) is 2.12. The van der Waals surface area contributed by atoms with Crippen LogP contribution < -0.4 is 10.1 Å². The zero-order chi connectivity index (χ0) is 15.1. The number of carbonyl (C=O) groups excluding carboxylic acids is 1.